The molecule has 0 unspecified atom stereocenters. The smallest absolute Gasteiger partial charge is 0.261 e. The second-order valence-corrected chi connectivity index (χ2v) is 10.6. The summed E-state index contributed by atoms with van der Waals surface area (Å²) in [7, 11) is 0. The minimum atomic E-state index is -2.70. The molecule has 2 saturated heterocycles. The monoisotopic (exact) mass is 538 g/mol. The van der Waals surface area contributed by atoms with Gasteiger partial charge in [0, 0.05) is 62.2 Å². The van der Waals surface area contributed by atoms with E-state index in [9.17, 15) is 13.6 Å². The summed E-state index contributed by atoms with van der Waals surface area (Å²) in [5.41, 5.74) is 1.47. The predicted octanol–water partition coefficient (Wildman–Crippen LogP) is 4.70. The molecule has 202 valence electrons. The number of alkyl halides is 2. The Labute approximate surface area is 219 Å². The van der Waals surface area contributed by atoms with Crippen molar-refractivity contribution in [1.82, 2.24) is 9.97 Å². The van der Waals surface area contributed by atoms with Crippen molar-refractivity contribution in [1.29, 1.82) is 0 Å². The first-order chi connectivity index (χ1) is 17.6. The number of hydrogen-bond acceptors (Lipinski definition) is 8. The van der Waals surface area contributed by atoms with E-state index in [0.29, 0.717) is 41.8 Å². The topological polar surface area (TPSA) is 93.6 Å². The molecule has 0 radical (unpaired) electrons. The number of aliphatic hydroxyl groups excluding tert-OH is 1. The fraction of sp³-hybridized carbons (Fsp3) is 0.560. The lowest BCUT2D eigenvalue weighted by molar-refractivity contribution is -0.0222. The molecule has 0 saturated carbocycles. The zero-order valence-electron chi connectivity index (χ0n) is 21.1. The van der Waals surface area contributed by atoms with Crippen LogP contribution < -0.4 is 19.8 Å². The van der Waals surface area contributed by atoms with Crippen LogP contribution in [0.25, 0.3) is 0 Å². The van der Waals surface area contributed by atoms with E-state index < -0.39 is 17.6 Å². The maximum atomic E-state index is 15.4. The minimum absolute atomic E-state index is 0.0162. The van der Waals surface area contributed by atoms with Gasteiger partial charge < -0.3 is 24.9 Å². The number of amides is 1. The van der Waals surface area contributed by atoms with E-state index in [1.165, 1.54) is 18.0 Å². The molecule has 0 spiro atoms. The second kappa shape index (κ2) is 11.8. The number of halogens is 3. The second-order valence-electron chi connectivity index (χ2n) is 9.69. The van der Waals surface area contributed by atoms with Gasteiger partial charge in [0.25, 0.3) is 11.8 Å². The van der Waals surface area contributed by atoms with Crippen LogP contribution in [0.3, 0.4) is 0 Å². The molecule has 37 heavy (non-hydrogen) atoms. The first kappa shape index (κ1) is 27.3. The molecule has 2 aliphatic rings. The first-order valence-corrected chi connectivity index (χ1v) is 13.5. The van der Waals surface area contributed by atoms with Crippen molar-refractivity contribution in [3.63, 3.8) is 0 Å². The summed E-state index contributed by atoms with van der Waals surface area (Å²) in [6.07, 6.45) is 1.30. The summed E-state index contributed by atoms with van der Waals surface area (Å²) in [6, 6.07) is 4.59. The van der Waals surface area contributed by atoms with Crippen molar-refractivity contribution < 1.29 is 23.1 Å². The van der Waals surface area contributed by atoms with E-state index in [2.05, 4.69) is 26.9 Å². The lowest BCUT2D eigenvalue weighted by Crippen LogP contribution is -2.40. The predicted molar refractivity (Wildman–Crippen MR) is 141 cm³/mol. The number of carbonyl (C=O) groups excluding carboxylic acids is 1. The normalized spacial score (nSPS) is 18.1. The molecule has 1 amide bonds. The number of piperidine rings is 2. The lowest BCUT2D eigenvalue weighted by atomic mass is 9.97. The fourth-order valence-corrected chi connectivity index (χ4v) is 5.00. The van der Waals surface area contributed by atoms with Crippen molar-refractivity contribution in [2.24, 2.45) is 5.92 Å². The highest BCUT2D eigenvalue weighted by Crippen LogP contribution is 2.33. The van der Waals surface area contributed by atoms with Gasteiger partial charge in [0.15, 0.2) is 0 Å². The zero-order valence-corrected chi connectivity index (χ0v) is 21.9. The highest BCUT2D eigenvalue weighted by atomic mass is 32.2. The van der Waals surface area contributed by atoms with Crippen molar-refractivity contribution >= 4 is 41.0 Å². The van der Waals surface area contributed by atoms with E-state index >= 15 is 4.39 Å². The summed E-state index contributed by atoms with van der Waals surface area (Å²) in [6.45, 7) is 5.50. The van der Waals surface area contributed by atoms with E-state index in [0.717, 1.165) is 12.8 Å². The van der Waals surface area contributed by atoms with Gasteiger partial charge >= 0.3 is 0 Å². The highest BCUT2D eigenvalue weighted by molar-refractivity contribution is 8.00. The first-order valence-electron chi connectivity index (χ1n) is 12.5. The Kier molecular flexibility index (Phi) is 8.68. The van der Waals surface area contributed by atoms with Crippen molar-refractivity contribution in [3.8, 4) is 0 Å². The van der Waals surface area contributed by atoms with Gasteiger partial charge in [-0.15, -0.1) is 0 Å². The lowest BCUT2D eigenvalue weighted by Gasteiger charge is -2.33. The molecular formula is C25H33F3N6O2S. The minimum Gasteiger partial charge on any atom is -0.395 e. The maximum absolute atomic E-state index is 15.4. The Morgan fingerprint density at radius 2 is 1.84 bits per heavy atom. The van der Waals surface area contributed by atoms with Gasteiger partial charge in [-0.05, 0) is 37.8 Å². The van der Waals surface area contributed by atoms with E-state index in [-0.39, 0.29) is 49.9 Å². The van der Waals surface area contributed by atoms with Crippen LogP contribution in [-0.2, 0) is 0 Å². The molecule has 0 atom stereocenters. The number of nitrogens with one attached hydrogen (secondary N) is 2. The molecule has 8 nitrogen and oxygen atoms in total. The number of benzene rings is 1. The average Bonchev–Trinajstić information content (AvgIpc) is 2.84. The molecule has 2 fully saturated rings. The molecule has 0 aliphatic carbocycles. The molecule has 3 N–H and O–H groups in total. The third-order valence-corrected chi connectivity index (χ3v) is 7.43. The number of aliphatic hydroxyl groups is 1. The van der Waals surface area contributed by atoms with Gasteiger partial charge in [-0.25, -0.2) is 18.2 Å². The van der Waals surface area contributed by atoms with Crippen LogP contribution in [-0.4, -0.2) is 65.4 Å². The van der Waals surface area contributed by atoms with E-state index in [4.69, 9.17) is 5.11 Å². The molecule has 3 heterocycles. The molecule has 2 aromatic rings. The van der Waals surface area contributed by atoms with Gasteiger partial charge in [0.05, 0.1) is 17.9 Å². The van der Waals surface area contributed by atoms with Crippen molar-refractivity contribution in [2.45, 2.75) is 45.5 Å². The standard InChI is InChI=1S/C25H33F3N6O2S/c1-16-3-7-33(8-4-16)20-15-18(32-37-12-11-35)14-19(26)22(20)23(36)30-21-13-17(2)29-24(31-21)34-9-5-25(27,28)6-10-34/h13-16,32,35H,3-12H2,1-2H3,(H,29,30,31,36). The van der Waals surface area contributed by atoms with E-state index in [1.54, 1.807) is 24.0 Å². The van der Waals surface area contributed by atoms with Crippen LogP contribution in [0.5, 0.6) is 0 Å². The third-order valence-electron chi connectivity index (χ3n) is 6.67. The van der Waals surface area contributed by atoms with Gasteiger partial charge in [0.2, 0.25) is 5.95 Å². The number of rotatable bonds is 8. The van der Waals surface area contributed by atoms with Gasteiger partial charge in [-0.1, -0.05) is 18.9 Å². The zero-order chi connectivity index (χ0) is 26.6. The maximum Gasteiger partial charge on any atom is 0.261 e. The number of hydrogen-bond donors (Lipinski definition) is 3. The SMILES string of the molecule is Cc1cc(NC(=O)c2c(F)cc(NSCCO)cc2N2CCC(C)CC2)nc(N2CCC(F)(F)CC2)n1. The summed E-state index contributed by atoms with van der Waals surface area (Å²) in [5.74, 6) is -2.59. The largest absolute Gasteiger partial charge is 0.395 e. The Morgan fingerprint density at radius 3 is 2.51 bits per heavy atom. The summed E-state index contributed by atoms with van der Waals surface area (Å²) in [4.78, 5) is 25.8. The fourth-order valence-electron chi connectivity index (χ4n) is 4.53. The van der Waals surface area contributed by atoms with Crippen molar-refractivity contribution in [2.75, 3.05) is 58.4 Å². The van der Waals surface area contributed by atoms with Crippen molar-refractivity contribution in [3.05, 3.63) is 35.3 Å². The molecule has 2 aliphatic heterocycles. The van der Waals surface area contributed by atoms with Crippen LogP contribution >= 0.6 is 11.9 Å². The quantitative estimate of drug-likeness (QED) is 0.329. The Hall–Kier alpha value is -2.73. The number of carbonyl (C=O) groups is 1. The van der Waals surface area contributed by atoms with Gasteiger partial charge in [0.1, 0.15) is 11.6 Å². The summed E-state index contributed by atoms with van der Waals surface area (Å²) >= 11 is 1.25. The van der Waals surface area contributed by atoms with Crippen LogP contribution in [0.4, 0.5) is 36.3 Å². The summed E-state index contributed by atoms with van der Waals surface area (Å²) < 4.78 is 45.6. The van der Waals surface area contributed by atoms with E-state index in [1.807, 2.05) is 4.90 Å². The van der Waals surface area contributed by atoms with Gasteiger partial charge in [-0.2, -0.15) is 4.98 Å². The Bertz CT molecular complexity index is 1100. The molecule has 1 aromatic heterocycles. The number of anilines is 4. The van der Waals surface area contributed by atoms with Gasteiger partial charge in [-0.3, -0.25) is 4.79 Å². The van der Waals surface area contributed by atoms with Crippen LogP contribution in [0.15, 0.2) is 18.2 Å². The molecule has 1 aromatic carbocycles. The third kappa shape index (κ3) is 6.98. The van der Waals surface area contributed by atoms with Crippen LogP contribution in [0.2, 0.25) is 0 Å². The molecule has 4 rings (SSSR count). The molecular weight excluding hydrogens is 505 g/mol. The average molecular weight is 539 g/mol. The Morgan fingerprint density at radius 1 is 1.14 bits per heavy atom. The molecule has 12 heteroatoms. The van der Waals surface area contributed by atoms with Crippen LogP contribution in [0, 0.1) is 18.7 Å². The number of nitrogens with zero attached hydrogens (tertiary/aromatic N) is 4. The number of aryl methyl sites for hydroxylation is 1. The Balaban J connectivity index is 1.59. The number of aromatic nitrogens is 2. The highest BCUT2D eigenvalue weighted by Gasteiger charge is 2.35. The summed E-state index contributed by atoms with van der Waals surface area (Å²) in [5, 5.41) is 11.7. The van der Waals surface area contributed by atoms with Crippen LogP contribution in [0.1, 0.15) is 48.7 Å². The molecule has 0 bridgehead atoms.